The lowest BCUT2D eigenvalue weighted by molar-refractivity contribution is -0.0119. The molecule has 1 N–H and O–H groups in total. The van der Waals surface area contributed by atoms with Crippen LogP contribution in [0.5, 0.6) is 5.75 Å². The van der Waals surface area contributed by atoms with Crippen LogP contribution in [0, 0.1) is 0 Å². The summed E-state index contributed by atoms with van der Waals surface area (Å²) < 4.78 is 5.39. The normalized spacial score (nSPS) is 20.6. The third-order valence-corrected chi connectivity index (χ3v) is 4.87. The maximum absolute atomic E-state index is 10.8. The van der Waals surface area contributed by atoms with E-state index in [-0.39, 0.29) is 11.6 Å². The van der Waals surface area contributed by atoms with E-state index in [0.29, 0.717) is 6.42 Å². The Kier molecular flexibility index (Phi) is 5.06. The van der Waals surface area contributed by atoms with Crippen molar-refractivity contribution in [1.29, 1.82) is 0 Å². The van der Waals surface area contributed by atoms with Crippen LogP contribution in [0.4, 0.5) is 0 Å². The number of benzene rings is 1. The van der Waals surface area contributed by atoms with Crippen molar-refractivity contribution in [2.45, 2.75) is 51.2 Å². The highest BCUT2D eigenvalue weighted by atomic mass is 16.5. The monoisotopic (exact) mass is 277 g/mol. The Bertz CT molecular complexity index is 429. The average Bonchev–Trinajstić information content (AvgIpc) is 3.01. The number of para-hydroxylation sites is 1. The topological polar surface area (TPSA) is 32.7 Å². The molecule has 1 aromatic carbocycles. The Balaban J connectivity index is 2.14. The summed E-state index contributed by atoms with van der Waals surface area (Å²) in [5.74, 6) is 0.867. The van der Waals surface area contributed by atoms with Crippen molar-refractivity contribution < 1.29 is 9.84 Å². The van der Waals surface area contributed by atoms with E-state index >= 15 is 0 Å². The first-order valence-corrected chi connectivity index (χ1v) is 7.67. The Morgan fingerprint density at radius 2 is 1.95 bits per heavy atom. The summed E-state index contributed by atoms with van der Waals surface area (Å²) in [6.45, 7) is 6.57. The van der Waals surface area contributed by atoms with Gasteiger partial charge in [0, 0.05) is 12.0 Å². The second kappa shape index (κ2) is 6.59. The van der Waals surface area contributed by atoms with Crippen molar-refractivity contribution >= 4 is 0 Å². The lowest BCUT2D eigenvalue weighted by atomic mass is 9.85. The molecule has 1 aliphatic rings. The predicted molar refractivity (Wildman–Crippen MR) is 82.2 cm³/mol. The predicted octanol–water partition coefficient (Wildman–Crippen LogP) is 2.86. The Morgan fingerprint density at radius 1 is 1.30 bits per heavy atom. The molecule has 0 aliphatic carbocycles. The zero-order valence-corrected chi connectivity index (χ0v) is 12.9. The molecule has 2 unspecified atom stereocenters. The second-order valence-electron chi connectivity index (χ2n) is 5.94. The highest BCUT2D eigenvalue weighted by Gasteiger charge is 2.38. The van der Waals surface area contributed by atoms with Crippen LogP contribution >= 0.6 is 0 Å². The first kappa shape index (κ1) is 15.3. The Hall–Kier alpha value is -1.06. The van der Waals surface area contributed by atoms with Gasteiger partial charge in [-0.05, 0) is 50.9 Å². The standard InChI is InChI=1S/C17H27NO2/c1-4-17(2,18-11-7-8-12-18)16(19)13-14-9-5-6-10-15(14)20-3/h5-6,9-10,16,19H,4,7-8,11-13H2,1-3H3. The van der Waals surface area contributed by atoms with Gasteiger partial charge in [0.05, 0.1) is 13.2 Å². The number of aliphatic hydroxyl groups excluding tert-OH is 1. The van der Waals surface area contributed by atoms with E-state index in [1.54, 1.807) is 7.11 Å². The molecule has 2 atom stereocenters. The van der Waals surface area contributed by atoms with Gasteiger partial charge < -0.3 is 9.84 Å². The maximum atomic E-state index is 10.8. The molecule has 0 bridgehead atoms. The summed E-state index contributed by atoms with van der Waals surface area (Å²) >= 11 is 0. The molecular weight excluding hydrogens is 250 g/mol. The fourth-order valence-electron chi connectivity index (χ4n) is 3.20. The number of aliphatic hydroxyl groups is 1. The van der Waals surface area contributed by atoms with E-state index < -0.39 is 0 Å². The summed E-state index contributed by atoms with van der Waals surface area (Å²) in [5, 5.41) is 10.8. The van der Waals surface area contributed by atoms with Crippen LogP contribution in [-0.4, -0.2) is 41.8 Å². The van der Waals surface area contributed by atoms with Gasteiger partial charge in [0.25, 0.3) is 0 Å². The molecular formula is C17H27NO2. The van der Waals surface area contributed by atoms with Gasteiger partial charge in [-0.15, -0.1) is 0 Å². The van der Waals surface area contributed by atoms with E-state index in [0.717, 1.165) is 30.8 Å². The third-order valence-electron chi connectivity index (χ3n) is 4.87. The van der Waals surface area contributed by atoms with Gasteiger partial charge in [-0.2, -0.15) is 0 Å². The van der Waals surface area contributed by atoms with Crippen molar-refractivity contribution in [3.63, 3.8) is 0 Å². The molecule has 1 heterocycles. The fraction of sp³-hybridized carbons (Fsp3) is 0.647. The van der Waals surface area contributed by atoms with Crippen molar-refractivity contribution in [3.8, 4) is 5.75 Å². The van der Waals surface area contributed by atoms with E-state index in [2.05, 4.69) is 18.7 Å². The smallest absolute Gasteiger partial charge is 0.122 e. The van der Waals surface area contributed by atoms with Gasteiger partial charge in [0.2, 0.25) is 0 Å². The lowest BCUT2D eigenvalue weighted by Gasteiger charge is -2.42. The molecule has 112 valence electrons. The van der Waals surface area contributed by atoms with Crippen molar-refractivity contribution in [1.82, 2.24) is 4.90 Å². The van der Waals surface area contributed by atoms with E-state index in [9.17, 15) is 5.11 Å². The number of hydrogen-bond donors (Lipinski definition) is 1. The third kappa shape index (κ3) is 2.99. The summed E-state index contributed by atoms with van der Waals surface area (Å²) in [6, 6.07) is 7.97. The Morgan fingerprint density at radius 3 is 2.55 bits per heavy atom. The second-order valence-corrected chi connectivity index (χ2v) is 5.94. The fourth-order valence-corrected chi connectivity index (χ4v) is 3.20. The molecule has 3 nitrogen and oxygen atoms in total. The number of likely N-dealkylation sites (tertiary alicyclic amines) is 1. The minimum absolute atomic E-state index is 0.142. The van der Waals surface area contributed by atoms with Crippen LogP contribution < -0.4 is 4.74 Å². The van der Waals surface area contributed by atoms with Gasteiger partial charge in [-0.3, -0.25) is 4.90 Å². The Labute approximate surface area is 122 Å². The number of hydrogen-bond acceptors (Lipinski definition) is 3. The lowest BCUT2D eigenvalue weighted by Crippen LogP contribution is -2.53. The van der Waals surface area contributed by atoms with Gasteiger partial charge in [0.15, 0.2) is 0 Å². The number of rotatable bonds is 6. The molecule has 0 spiro atoms. The highest BCUT2D eigenvalue weighted by Crippen LogP contribution is 2.31. The van der Waals surface area contributed by atoms with E-state index in [1.807, 2.05) is 24.3 Å². The van der Waals surface area contributed by atoms with Crippen LogP contribution in [0.3, 0.4) is 0 Å². The minimum atomic E-state index is -0.373. The molecule has 0 amide bonds. The average molecular weight is 277 g/mol. The molecule has 1 fully saturated rings. The number of nitrogens with zero attached hydrogens (tertiary/aromatic N) is 1. The van der Waals surface area contributed by atoms with Gasteiger partial charge >= 0.3 is 0 Å². The molecule has 1 aromatic rings. The molecule has 1 aliphatic heterocycles. The van der Waals surface area contributed by atoms with Gasteiger partial charge in [0.1, 0.15) is 5.75 Å². The van der Waals surface area contributed by atoms with E-state index in [4.69, 9.17) is 4.74 Å². The van der Waals surface area contributed by atoms with Gasteiger partial charge in [-0.25, -0.2) is 0 Å². The zero-order chi connectivity index (χ0) is 14.6. The maximum Gasteiger partial charge on any atom is 0.122 e. The number of ether oxygens (including phenoxy) is 1. The summed E-state index contributed by atoms with van der Waals surface area (Å²) in [7, 11) is 1.69. The van der Waals surface area contributed by atoms with Crippen LogP contribution in [-0.2, 0) is 6.42 Å². The quantitative estimate of drug-likeness (QED) is 0.868. The summed E-state index contributed by atoms with van der Waals surface area (Å²) in [4.78, 5) is 2.45. The SMILES string of the molecule is CCC(C)(C(O)Cc1ccccc1OC)N1CCCC1. The minimum Gasteiger partial charge on any atom is -0.496 e. The van der Waals surface area contributed by atoms with Crippen molar-refractivity contribution in [3.05, 3.63) is 29.8 Å². The van der Waals surface area contributed by atoms with Crippen LogP contribution in [0.15, 0.2) is 24.3 Å². The van der Waals surface area contributed by atoms with Gasteiger partial charge in [-0.1, -0.05) is 25.1 Å². The highest BCUT2D eigenvalue weighted by molar-refractivity contribution is 5.34. The largest absolute Gasteiger partial charge is 0.496 e. The first-order valence-electron chi connectivity index (χ1n) is 7.67. The molecule has 1 saturated heterocycles. The molecule has 0 aromatic heterocycles. The molecule has 0 saturated carbocycles. The van der Waals surface area contributed by atoms with E-state index in [1.165, 1.54) is 12.8 Å². The van der Waals surface area contributed by atoms with Crippen LogP contribution in [0.1, 0.15) is 38.7 Å². The zero-order valence-electron chi connectivity index (χ0n) is 12.9. The summed E-state index contributed by atoms with van der Waals surface area (Å²) in [6.07, 6.45) is 3.73. The first-order chi connectivity index (χ1) is 9.61. The van der Waals surface area contributed by atoms with Crippen molar-refractivity contribution in [2.75, 3.05) is 20.2 Å². The number of methoxy groups -OCH3 is 1. The molecule has 3 heteroatoms. The summed E-state index contributed by atoms with van der Waals surface area (Å²) in [5.41, 5.74) is 0.943. The molecule has 2 rings (SSSR count). The molecule has 0 radical (unpaired) electrons. The van der Waals surface area contributed by atoms with Crippen molar-refractivity contribution in [2.24, 2.45) is 0 Å². The van der Waals surface area contributed by atoms with Crippen LogP contribution in [0.2, 0.25) is 0 Å². The molecule has 20 heavy (non-hydrogen) atoms. The van der Waals surface area contributed by atoms with Crippen LogP contribution in [0.25, 0.3) is 0 Å².